The fourth-order valence-corrected chi connectivity index (χ4v) is 3.64. The minimum absolute atomic E-state index is 0.109. The zero-order chi connectivity index (χ0) is 18.8. The summed E-state index contributed by atoms with van der Waals surface area (Å²) in [6, 6.07) is 26.9. The molecule has 0 bridgehead atoms. The minimum atomic E-state index is -0.786. The van der Waals surface area contributed by atoms with Crippen LogP contribution in [0.25, 0.3) is 27.7 Å². The molecule has 134 valence electrons. The van der Waals surface area contributed by atoms with Gasteiger partial charge < -0.3 is 9.67 Å². The van der Waals surface area contributed by atoms with Crippen molar-refractivity contribution >= 4 is 32.7 Å². The average molecular weight is 420 g/mol. The summed E-state index contributed by atoms with van der Waals surface area (Å²) in [6.07, 6.45) is 0.593. The van der Waals surface area contributed by atoms with E-state index in [1.807, 2.05) is 30.3 Å². The fraction of sp³-hybridized carbons (Fsp3) is 0.0870. The van der Waals surface area contributed by atoms with Gasteiger partial charge in [0.25, 0.3) is 0 Å². The number of aryl methyl sites for hydroxylation is 1. The van der Waals surface area contributed by atoms with E-state index in [1.165, 1.54) is 5.39 Å². The third kappa shape index (κ3) is 3.67. The maximum atomic E-state index is 11.1. The molecule has 1 aromatic heterocycles. The van der Waals surface area contributed by atoms with Crippen LogP contribution < -0.4 is 0 Å². The molecule has 0 unspecified atom stereocenters. The Bertz CT molecular complexity index is 1110. The van der Waals surface area contributed by atoms with Gasteiger partial charge in [-0.1, -0.05) is 58.4 Å². The van der Waals surface area contributed by atoms with Crippen LogP contribution >= 0.6 is 15.9 Å². The van der Waals surface area contributed by atoms with Crippen molar-refractivity contribution in [1.29, 1.82) is 0 Å². The summed E-state index contributed by atoms with van der Waals surface area (Å²) in [7, 11) is 0. The molecule has 0 spiro atoms. The zero-order valence-corrected chi connectivity index (χ0v) is 16.2. The molecule has 4 rings (SSSR count). The van der Waals surface area contributed by atoms with Gasteiger partial charge in [0.1, 0.15) is 0 Å². The molecule has 0 fully saturated rings. The SMILES string of the molecule is O=C(O)CCc1ccc(-c2ccc(Br)cc2)n1-c1ccc2ccccc2c1. The molecule has 4 aromatic rings. The zero-order valence-electron chi connectivity index (χ0n) is 14.6. The second-order valence-corrected chi connectivity index (χ2v) is 7.39. The predicted molar refractivity (Wildman–Crippen MR) is 112 cm³/mol. The molecular weight excluding hydrogens is 402 g/mol. The van der Waals surface area contributed by atoms with Crippen LogP contribution in [-0.4, -0.2) is 15.6 Å². The standard InChI is InChI=1S/C23H18BrNO2/c24-19-8-5-17(6-9-19)22-13-11-20(12-14-23(26)27)25(22)21-10-7-16-3-1-2-4-18(16)15-21/h1-11,13,15H,12,14H2,(H,26,27). The summed E-state index contributed by atoms with van der Waals surface area (Å²) in [6.45, 7) is 0. The van der Waals surface area contributed by atoms with E-state index >= 15 is 0 Å². The number of fused-ring (bicyclic) bond motifs is 1. The van der Waals surface area contributed by atoms with E-state index < -0.39 is 5.97 Å². The molecule has 0 amide bonds. The van der Waals surface area contributed by atoms with E-state index in [0.717, 1.165) is 32.5 Å². The first-order valence-corrected chi connectivity index (χ1v) is 9.59. The molecular formula is C23H18BrNO2. The number of benzene rings is 3. The van der Waals surface area contributed by atoms with Crippen molar-refractivity contribution in [3.63, 3.8) is 0 Å². The molecule has 3 aromatic carbocycles. The summed E-state index contributed by atoms with van der Waals surface area (Å²) >= 11 is 3.48. The van der Waals surface area contributed by atoms with E-state index in [9.17, 15) is 4.79 Å². The quantitative estimate of drug-likeness (QED) is 0.425. The monoisotopic (exact) mass is 419 g/mol. The third-order valence-corrected chi connectivity index (χ3v) is 5.22. The number of halogens is 1. The summed E-state index contributed by atoms with van der Waals surface area (Å²) in [5.74, 6) is -0.786. The molecule has 4 heteroatoms. The highest BCUT2D eigenvalue weighted by Gasteiger charge is 2.13. The third-order valence-electron chi connectivity index (χ3n) is 4.69. The van der Waals surface area contributed by atoms with Gasteiger partial charge in [-0.05, 0) is 59.2 Å². The van der Waals surface area contributed by atoms with E-state index in [1.54, 1.807) is 0 Å². The van der Waals surface area contributed by atoms with Crippen molar-refractivity contribution < 1.29 is 9.90 Å². The molecule has 0 aliphatic carbocycles. The lowest BCUT2D eigenvalue weighted by molar-refractivity contribution is -0.136. The first-order chi connectivity index (χ1) is 13.1. The molecule has 27 heavy (non-hydrogen) atoms. The molecule has 1 N–H and O–H groups in total. The number of rotatable bonds is 5. The Labute approximate surface area is 166 Å². The van der Waals surface area contributed by atoms with Crippen LogP contribution in [0.2, 0.25) is 0 Å². The summed E-state index contributed by atoms with van der Waals surface area (Å²) < 4.78 is 3.19. The van der Waals surface area contributed by atoms with Crippen LogP contribution in [0.3, 0.4) is 0 Å². The molecule has 0 aliphatic rings. The largest absolute Gasteiger partial charge is 0.481 e. The first-order valence-electron chi connectivity index (χ1n) is 8.79. The maximum Gasteiger partial charge on any atom is 0.303 e. The number of aliphatic carboxylic acids is 1. The highest BCUT2D eigenvalue weighted by Crippen LogP contribution is 2.30. The average Bonchev–Trinajstić information content (AvgIpc) is 3.10. The van der Waals surface area contributed by atoms with Crippen LogP contribution in [0.4, 0.5) is 0 Å². The second-order valence-electron chi connectivity index (χ2n) is 6.48. The van der Waals surface area contributed by atoms with Gasteiger partial charge in [-0.3, -0.25) is 4.79 Å². The Hall–Kier alpha value is -2.85. The smallest absolute Gasteiger partial charge is 0.303 e. The Morgan fingerprint density at radius 1 is 0.889 bits per heavy atom. The molecule has 0 saturated carbocycles. The Balaban J connectivity index is 1.87. The lowest BCUT2D eigenvalue weighted by Crippen LogP contribution is -2.05. The lowest BCUT2D eigenvalue weighted by Gasteiger charge is -2.15. The number of hydrogen-bond acceptors (Lipinski definition) is 1. The minimum Gasteiger partial charge on any atom is -0.481 e. The van der Waals surface area contributed by atoms with Gasteiger partial charge in [0.15, 0.2) is 0 Å². The molecule has 0 atom stereocenters. The Kier molecular flexibility index (Phi) is 4.82. The topological polar surface area (TPSA) is 42.2 Å². The van der Waals surface area contributed by atoms with Crippen LogP contribution in [0.5, 0.6) is 0 Å². The molecule has 0 aliphatic heterocycles. The van der Waals surface area contributed by atoms with E-state index in [2.05, 4.69) is 69.0 Å². The van der Waals surface area contributed by atoms with Crippen LogP contribution in [0, 0.1) is 0 Å². The normalized spacial score (nSPS) is 11.0. The van der Waals surface area contributed by atoms with E-state index in [-0.39, 0.29) is 6.42 Å². The number of nitrogens with zero attached hydrogens (tertiary/aromatic N) is 1. The first kappa shape index (κ1) is 17.6. The van der Waals surface area contributed by atoms with Crippen LogP contribution in [0.1, 0.15) is 12.1 Å². The van der Waals surface area contributed by atoms with Crippen LogP contribution in [0.15, 0.2) is 83.3 Å². The number of aromatic nitrogens is 1. The van der Waals surface area contributed by atoms with E-state index in [4.69, 9.17) is 5.11 Å². The predicted octanol–water partition coefficient (Wildman–Crippen LogP) is 6.08. The second kappa shape index (κ2) is 7.41. The van der Waals surface area contributed by atoms with Crippen molar-refractivity contribution in [2.24, 2.45) is 0 Å². The molecule has 1 heterocycles. The summed E-state index contributed by atoms with van der Waals surface area (Å²) in [5, 5.41) is 11.5. The van der Waals surface area contributed by atoms with Gasteiger partial charge in [-0.25, -0.2) is 0 Å². The maximum absolute atomic E-state index is 11.1. The molecule has 0 saturated heterocycles. The summed E-state index contributed by atoms with van der Waals surface area (Å²) in [5.41, 5.74) is 4.17. The number of carbonyl (C=O) groups is 1. The van der Waals surface area contributed by atoms with Gasteiger partial charge in [-0.15, -0.1) is 0 Å². The number of carboxylic acids is 1. The van der Waals surface area contributed by atoms with E-state index in [0.29, 0.717) is 6.42 Å². The van der Waals surface area contributed by atoms with Crippen molar-refractivity contribution in [3.8, 4) is 16.9 Å². The number of carboxylic acid groups (broad SMARTS) is 1. The van der Waals surface area contributed by atoms with Gasteiger partial charge in [-0.2, -0.15) is 0 Å². The Morgan fingerprint density at radius 3 is 2.37 bits per heavy atom. The lowest BCUT2D eigenvalue weighted by atomic mass is 10.1. The van der Waals surface area contributed by atoms with Gasteiger partial charge in [0.2, 0.25) is 0 Å². The van der Waals surface area contributed by atoms with Gasteiger partial charge in [0.05, 0.1) is 12.1 Å². The number of hydrogen-bond donors (Lipinski definition) is 1. The van der Waals surface area contributed by atoms with Gasteiger partial charge in [0, 0.05) is 15.9 Å². The van der Waals surface area contributed by atoms with Crippen molar-refractivity contribution in [2.45, 2.75) is 12.8 Å². The summed E-state index contributed by atoms with van der Waals surface area (Å²) in [4.78, 5) is 11.1. The Morgan fingerprint density at radius 2 is 1.63 bits per heavy atom. The molecule has 0 radical (unpaired) electrons. The van der Waals surface area contributed by atoms with Crippen molar-refractivity contribution in [2.75, 3.05) is 0 Å². The van der Waals surface area contributed by atoms with Gasteiger partial charge >= 0.3 is 5.97 Å². The highest BCUT2D eigenvalue weighted by atomic mass is 79.9. The van der Waals surface area contributed by atoms with Crippen molar-refractivity contribution in [1.82, 2.24) is 4.57 Å². The molecule has 3 nitrogen and oxygen atoms in total. The fourth-order valence-electron chi connectivity index (χ4n) is 3.38. The van der Waals surface area contributed by atoms with Crippen molar-refractivity contribution in [3.05, 3.63) is 89.0 Å². The highest BCUT2D eigenvalue weighted by molar-refractivity contribution is 9.10. The van der Waals surface area contributed by atoms with Crippen LogP contribution in [-0.2, 0) is 11.2 Å².